The van der Waals surface area contributed by atoms with Gasteiger partial charge in [-0.1, -0.05) is 25.1 Å². The SMILES string of the molecule is CCC(COC)NCCc1ccccc1[N+](=O)[O-]. The molecule has 100 valence electrons. The molecule has 0 heterocycles. The fourth-order valence-corrected chi connectivity index (χ4v) is 1.83. The summed E-state index contributed by atoms with van der Waals surface area (Å²) in [6, 6.07) is 7.17. The van der Waals surface area contributed by atoms with Gasteiger partial charge in [0.25, 0.3) is 5.69 Å². The van der Waals surface area contributed by atoms with Gasteiger partial charge in [-0.3, -0.25) is 10.1 Å². The lowest BCUT2D eigenvalue weighted by atomic mass is 10.1. The molecule has 0 fully saturated rings. The van der Waals surface area contributed by atoms with Gasteiger partial charge in [-0.25, -0.2) is 0 Å². The molecule has 5 heteroatoms. The van der Waals surface area contributed by atoms with Gasteiger partial charge in [0.2, 0.25) is 0 Å². The molecule has 1 unspecified atom stereocenters. The van der Waals surface area contributed by atoms with Gasteiger partial charge in [0.15, 0.2) is 0 Å². The van der Waals surface area contributed by atoms with Gasteiger partial charge in [0, 0.05) is 24.8 Å². The number of nitrogens with one attached hydrogen (secondary N) is 1. The van der Waals surface area contributed by atoms with E-state index in [-0.39, 0.29) is 10.6 Å². The summed E-state index contributed by atoms with van der Waals surface area (Å²) in [5, 5.41) is 14.2. The van der Waals surface area contributed by atoms with E-state index in [0.29, 0.717) is 25.6 Å². The second kappa shape index (κ2) is 7.79. The van der Waals surface area contributed by atoms with Crippen molar-refractivity contribution in [3.8, 4) is 0 Å². The first kappa shape index (κ1) is 14.6. The molecule has 1 N–H and O–H groups in total. The number of nitrogens with zero attached hydrogens (tertiary/aromatic N) is 1. The Morgan fingerprint density at radius 2 is 2.17 bits per heavy atom. The van der Waals surface area contributed by atoms with Crippen LogP contribution >= 0.6 is 0 Å². The first-order chi connectivity index (χ1) is 8.69. The smallest absolute Gasteiger partial charge is 0.272 e. The molecular weight excluding hydrogens is 232 g/mol. The van der Waals surface area contributed by atoms with Crippen LogP contribution in [0.3, 0.4) is 0 Å². The minimum atomic E-state index is -0.332. The molecule has 18 heavy (non-hydrogen) atoms. The Morgan fingerprint density at radius 1 is 1.44 bits per heavy atom. The van der Waals surface area contributed by atoms with Crippen molar-refractivity contribution in [2.75, 3.05) is 20.3 Å². The van der Waals surface area contributed by atoms with Gasteiger partial charge in [-0.15, -0.1) is 0 Å². The Kier molecular flexibility index (Phi) is 6.32. The lowest BCUT2D eigenvalue weighted by Crippen LogP contribution is -2.34. The van der Waals surface area contributed by atoms with Gasteiger partial charge < -0.3 is 10.1 Å². The lowest BCUT2D eigenvalue weighted by Gasteiger charge is -2.15. The standard InChI is InChI=1S/C13H20N2O3/c1-3-12(10-18-2)14-9-8-11-6-4-5-7-13(11)15(16)17/h4-7,12,14H,3,8-10H2,1-2H3. The fourth-order valence-electron chi connectivity index (χ4n) is 1.83. The zero-order valence-corrected chi connectivity index (χ0v) is 10.9. The summed E-state index contributed by atoms with van der Waals surface area (Å²) in [4.78, 5) is 10.5. The molecule has 1 rings (SSSR count). The van der Waals surface area contributed by atoms with E-state index in [9.17, 15) is 10.1 Å². The van der Waals surface area contributed by atoms with Gasteiger partial charge in [0.1, 0.15) is 0 Å². The lowest BCUT2D eigenvalue weighted by molar-refractivity contribution is -0.385. The van der Waals surface area contributed by atoms with E-state index in [1.54, 1.807) is 25.3 Å². The van der Waals surface area contributed by atoms with E-state index in [1.807, 2.05) is 6.07 Å². The van der Waals surface area contributed by atoms with E-state index in [1.165, 1.54) is 0 Å². The van der Waals surface area contributed by atoms with Gasteiger partial charge in [0.05, 0.1) is 11.5 Å². The predicted molar refractivity (Wildman–Crippen MR) is 70.8 cm³/mol. The molecule has 1 aromatic rings. The largest absolute Gasteiger partial charge is 0.383 e. The van der Waals surface area contributed by atoms with Crippen LogP contribution in [0, 0.1) is 10.1 Å². The number of ether oxygens (including phenoxy) is 1. The van der Waals surface area contributed by atoms with Crippen molar-refractivity contribution in [3.63, 3.8) is 0 Å². The minimum Gasteiger partial charge on any atom is -0.383 e. The molecule has 0 aromatic heterocycles. The fraction of sp³-hybridized carbons (Fsp3) is 0.538. The third-order valence-electron chi connectivity index (χ3n) is 2.88. The molecular formula is C13H20N2O3. The zero-order chi connectivity index (χ0) is 13.4. The van der Waals surface area contributed by atoms with E-state index < -0.39 is 0 Å². The van der Waals surface area contributed by atoms with E-state index in [2.05, 4.69) is 12.2 Å². The Bertz CT molecular complexity index is 382. The first-order valence-corrected chi connectivity index (χ1v) is 6.13. The monoisotopic (exact) mass is 252 g/mol. The van der Waals surface area contributed by atoms with Crippen LogP contribution in [0.15, 0.2) is 24.3 Å². The molecule has 0 saturated carbocycles. The molecule has 0 amide bonds. The maximum atomic E-state index is 10.8. The molecule has 0 spiro atoms. The van der Waals surface area contributed by atoms with Crippen molar-refractivity contribution in [3.05, 3.63) is 39.9 Å². The van der Waals surface area contributed by atoms with Crippen LogP contribution in [0.4, 0.5) is 5.69 Å². The van der Waals surface area contributed by atoms with Crippen molar-refractivity contribution in [1.29, 1.82) is 0 Å². The van der Waals surface area contributed by atoms with Crippen molar-refractivity contribution in [2.45, 2.75) is 25.8 Å². The van der Waals surface area contributed by atoms with Crippen molar-refractivity contribution in [2.24, 2.45) is 0 Å². The maximum Gasteiger partial charge on any atom is 0.272 e. The van der Waals surface area contributed by atoms with Crippen LogP contribution < -0.4 is 5.32 Å². The van der Waals surface area contributed by atoms with Crippen molar-refractivity contribution < 1.29 is 9.66 Å². The number of hydrogen-bond acceptors (Lipinski definition) is 4. The average molecular weight is 252 g/mol. The van der Waals surface area contributed by atoms with Crippen molar-refractivity contribution in [1.82, 2.24) is 5.32 Å². The number of benzene rings is 1. The van der Waals surface area contributed by atoms with E-state index in [0.717, 1.165) is 12.0 Å². The van der Waals surface area contributed by atoms with E-state index >= 15 is 0 Å². The third-order valence-corrected chi connectivity index (χ3v) is 2.88. The maximum absolute atomic E-state index is 10.8. The molecule has 0 aliphatic heterocycles. The Labute approximate surface area is 107 Å². The highest BCUT2D eigenvalue weighted by atomic mass is 16.6. The van der Waals surface area contributed by atoms with Crippen LogP contribution in [0.5, 0.6) is 0 Å². The summed E-state index contributed by atoms with van der Waals surface area (Å²) in [5.74, 6) is 0. The number of nitro benzene ring substituents is 1. The van der Waals surface area contributed by atoms with Gasteiger partial charge in [-0.2, -0.15) is 0 Å². The zero-order valence-electron chi connectivity index (χ0n) is 10.9. The quantitative estimate of drug-likeness (QED) is 0.568. The highest BCUT2D eigenvalue weighted by molar-refractivity contribution is 5.39. The number of hydrogen-bond donors (Lipinski definition) is 1. The topological polar surface area (TPSA) is 64.4 Å². The van der Waals surface area contributed by atoms with Crippen LogP contribution in [0.1, 0.15) is 18.9 Å². The van der Waals surface area contributed by atoms with Crippen LogP contribution in [-0.2, 0) is 11.2 Å². The van der Waals surface area contributed by atoms with Crippen molar-refractivity contribution >= 4 is 5.69 Å². The molecule has 0 aliphatic rings. The molecule has 0 radical (unpaired) electrons. The summed E-state index contributed by atoms with van der Waals surface area (Å²) >= 11 is 0. The van der Waals surface area contributed by atoms with Crippen LogP contribution in [0.25, 0.3) is 0 Å². The molecule has 1 atom stereocenters. The molecule has 0 aliphatic carbocycles. The summed E-state index contributed by atoms with van der Waals surface area (Å²) in [5.41, 5.74) is 0.960. The molecule has 0 bridgehead atoms. The summed E-state index contributed by atoms with van der Waals surface area (Å²) in [6.45, 7) is 3.46. The van der Waals surface area contributed by atoms with Crippen LogP contribution in [0.2, 0.25) is 0 Å². The first-order valence-electron chi connectivity index (χ1n) is 6.13. The second-order valence-corrected chi connectivity index (χ2v) is 4.15. The highest BCUT2D eigenvalue weighted by Gasteiger charge is 2.12. The average Bonchev–Trinajstić information content (AvgIpc) is 2.38. The number of para-hydroxylation sites is 1. The van der Waals surface area contributed by atoms with Gasteiger partial charge >= 0.3 is 0 Å². The summed E-state index contributed by atoms with van der Waals surface area (Å²) in [7, 11) is 1.67. The Hall–Kier alpha value is -1.46. The van der Waals surface area contributed by atoms with E-state index in [4.69, 9.17) is 4.74 Å². The number of methoxy groups -OCH3 is 1. The number of rotatable bonds is 8. The molecule has 0 saturated heterocycles. The summed E-state index contributed by atoms with van der Waals surface area (Å²) < 4.78 is 5.09. The van der Waals surface area contributed by atoms with Gasteiger partial charge in [-0.05, 0) is 19.4 Å². The molecule has 1 aromatic carbocycles. The normalized spacial score (nSPS) is 12.3. The Balaban J connectivity index is 2.50. The molecule has 5 nitrogen and oxygen atoms in total. The van der Waals surface area contributed by atoms with Crippen LogP contribution in [-0.4, -0.2) is 31.2 Å². The highest BCUT2D eigenvalue weighted by Crippen LogP contribution is 2.17. The second-order valence-electron chi connectivity index (χ2n) is 4.15. The minimum absolute atomic E-state index is 0.194. The Morgan fingerprint density at radius 3 is 2.78 bits per heavy atom. The predicted octanol–water partition coefficient (Wildman–Crippen LogP) is 2.15. The number of nitro groups is 1. The summed E-state index contributed by atoms with van der Waals surface area (Å²) in [6.07, 6.45) is 1.63. The third kappa shape index (κ3) is 4.43.